The molecular weight excluding hydrogens is 516 g/mol. The molecule has 8 nitrogen and oxygen atoms in total. The van der Waals surface area contributed by atoms with E-state index in [0.29, 0.717) is 17.9 Å². The Balaban J connectivity index is 1.41. The van der Waals surface area contributed by atoms with E-state index in [2.05, 4.69) is 15.3 Å². The van der Waals surface area contributed by atoms with Gasteiger partial charge in [-0.15, -0.1) is 0 Å². The van der Waals surface area contributed by atoms with Gasteiger partial charge in [-0.2, -0.15) is 0 Å². The Morgan fingerprint density at radius 1 is 1.00 bits per heavy atom. The Kier molecular flexibility index (Phi) is 7.47. The SMILES string of the molecule is Cc1cnc(Cl)nc1-c1ccc(N(Cc2ccc(CNC(=O)C3CC3)cc2)C(=O)c2ccc(O)cc2O)cc1. The second-order valence-corrected chi connectivity index (χ2v) is 9.96. The highest BCUT2D eigenvalue weighted by Gasteiger charge is 2.29. The Hall–Kier alpha value is -4.43. The fourth-order valence-corrected chi connectivity index (χ4v) is 4.40. The molecule has 1 saturated carbocycles. The molecule has 3 aromatic carbocycles. The van der Waals surface area contributed by atoms with E-state index in [1.54, 1.807) is 11.1 Å². The summed E-state index contributed by atoms with van der Waals surface area (Å²) in [5, 5.41) is 23.2. The summed E-state index contributed by atoms with van der Waals surface area (Å²) in [5.74, 6) is -0.630. The van der Waals surface area contributed by atoms with E-state index < -0.39 is 5.91 Å². The first-order valence-electron chi connectivity index (χ1n) is 12.6. The van der Waals surface area contributed by atoms with Crippen molar-refractivity contribution in [2.45, 2.75) is 32.9 Å². The maximum absolute atomic E-state index is 13.6. The molecule has 9 heteroatoms. The number of nitrogens with zero attached hydrogens (tertiary/aromatic N) is 3. The van der Waals surface area contributed by atoms with Crippen molar-refractivity contribution in [1.82, 2.24) is 15.3 Å². The van der Waals surface area contributed by atoms with Crippen LogP contribution in [0.2, 0.25) is 5.28 Å². The molecule has 0 bridgehead atoms. The lowest BCUT2D eigenvalue weighted by molar-refractivity contribution is -0.122. The van der Waals surface area contributed by atoms with Crippen molar-refractivity contribution in [2.24, 2.45) is 5.92 Å². The number of hydrogen-bond donors (Lipinski definition) is 3. The van der Waals surface area contributed by atoms with Crippen molar-refractivity contribution in [2.75, 3.05) is 4.90 Å². The van der Waals surface area contributed by atoms with Crippen molar-refractivity contribution in [1.29, 1.82) is 0 Å². The van der Waals surface area contributed by atoms with Crippen LogP contribution in [-0.2, 0) is 17.9 Å². The van der Waals surface area contributed by atoms with Crippen LogP contribution in [-0.4, -0.2) is 32.0 Å². The van der Waals surface area contributed by atoms with Crippen LogP contribution in [0.5, 0.6) is 11.5 Å². The Labute approximate surface area is 230 Å². The molecule has 4 aromatic rings. The number of benzene rings is 3. The highest BCUT2D eigenvalue weighted by atomic mass is 35.5. The number of phenols is 2. The summed E-state index contributed by atoms with van der Waals surface area (Å²) in [6.45, 7) is 2.57. The summed E-state index contributed by atoms with van der Waals surface area (Å²) in [6, 6.07) is 18.9. The summed E-state index contributed by atoms with van der Waals surface area (Å²) in [4.78, 5) is 35.5. The van der Waals surface area contributed by atoms with E-state index in [-0.39, 0.29) is 40.7 Å². The normalized spacial score (nSPS) is 12.7. The third kappa shape index (κ3) is 6.18. The number of aromatic hydroxyl groups is 2. The minimum Gasteiger partial charge on any atom is -0.508 e. The minimum atomic E-state index is -0.428. The predicted molar refractivity (Wildman–Crippen MR) is 149 cm³/mol. The predicted octanol–water partition coefficient (Wildman–Crippen LogP) is 5.39. The fraction of sp³-hybridized carbons (Fsp3) is 0.200. The zero-order chi connectivity index (χ0) is 27.5. The van der Waals surface area contributed by atoms with Gasteiger partial charge < -0.3 is 20.4 Å². The molecule has 0 radical (unpaired) electrons. The summed E-state index contributed by atoms with van der Waals surface area (Å²) in [5.41, 5.74) is 4.87. The third-order valence-corrected chi connectivity index (χ3v) is 6.81. The number of nitrogens with one attached hydrogen (secondary N) is 1. The van der Waals surface area contributed by atoms with Gasteiger partial charge in [0.25, 0.3) is 5.91 Å². The quantitative estimate of drug-likeness (QED) is 0.257. The minimum absolute atomic E-state index is 0.0645. The van der Waals surface area contributed by atoms with Gasteiger partial charge in [0.05, 0.1) is 17.8 Å². The topological polar surface area (TPSA) is 116 Å². The lowest BCUT2D eigenvalue weighted by Crippen LogP contribution is -2.30. The molecule has 1 aliphatic rings. The summed E-state index contributed by atoms with van der Waals surface area (Å²) in [7, 11) is 0. The van der Waals surface area contributed by atoms with Gasteiger partial charge in [0.2, 0.25) is 11.2 Å². The number of halogens is 1. The van der Waals surface area contributed by atoms with Crippen molar-refractivity contribution < 1.29 is 19.8 Å². The molecule has 0 saturated heterocycles. The van der Waals surface area contributed by atoms with Gasteiger partial charge in [0.15, 0.2) is 0 Å². The van der Waals surface area contributed by atoms with Crippen molar-refractivity contribution in [3.63, 3.8) is 0 Å². The first-order valence-corrected chi connectivity index (χ1v) is 13.0. The van der Waals surface area contributed by atoms with Crippen molar-refractivity contribution in [3.8, 4) is 22.8 Å². The van der Waals surface area contributed by atoms with Crippen LogP contribution < -0.4 is 10.2 Å². The number of carbonyl (C=O) groups is 2. The van der Waals surface area contributed by atoms with Gasteiger partial charge in [0.1, 0.15) is 11.5 Å². The van der Waals surface area contributed by atoms with Crippen LogP contribution in [0.25, 0.3) is 11.3 Å². The van der Waals surface area contributed by atoms with Crippen LogP contribution in [0, 0.1) is 12.8 Å². The number of aryl methyl sites for hydroxylation is 1. The van der Waals surface area contributed by atoms with Gasteiger partial charge >= 0.3 is 0 Å². The molecule has 1 heterocycles. The van der Waals surface area contributed by atoms with E-state index in [0.717, 1.165) is 41.2 Å². The molecule has 2 amide bonds. The molecule has 1 aliphatic carbocycles. The van der Waals surface area contributed by atoms with Crippen LogP contribution >= 0.6 is 11.6 Å². The summed E-state index contributed by atoms with van der Waals surface area (Å²) < 4.78 is 0. The smallest absolute Gasteiger partial charge is 0.262 e. The molecule has 0 atom stereocenters. The van der Waals surface area contributed by atoms with Crippen molar-refractivity contribution >= 4 is 29.1 Å². The molecule has 0 aliphatic heterocycles. The number of phenolic OH excluding ortho intramolecular Hbond substituents is 2. The zero-order valence-corrected chi connectivity index (χ0v) is 22.0. The van der Waals surface area contributed by atoms with Crippen LogP contribution in [0.15, 0.2) is 72.9 Å². The monoisotopic (exact) mass is 542 g/mol. The third-order valence-electron chi connectivity index (χ3n) is 6.63. The lowest BCUT2D eigenvalue weighted by atomic mass is 10.1. The molecule has 1 aromatic heterocycles. The lowest BCUT2D eigenvalue weighted by Gasteiger charge is -2.24. The van der Waals surface area contributed by atoms with Gasteiger partial charge in [-0.05, 0) is 72.3 Å². The van der Waals surface area contributed by atoms with E-state index in [9.17, 15) is 19.8 Å². The first-order chi connectivity index (χ1) is 18.8. The fourth-order valence-electron chi connectivity index (χ4n) is 4.26. The maximum Gasteiger partial charge on any atom is 0.262 e. The molecule has 198 valence electrons. The van der Waals surface area contributed by atoms with E-state index in [4.69, 9.17) is 11.6 Å². The zero-order valence-electron chi connectivity index (χ0n) is 21.3. The number of hydrogen-bond acceptors (Lipinski definition) is 6. The van der Waals surface area contributed by atoms with Gasteiger partial charge in [0, 0.05) is 36.0 Å². The molecular formula is C30H27ClN4O4. The number of carbonyl (C=O) groups excluding carboxylic acids is 2. The molecule has 39 heavy (non-hydrogen) atoms. The van der Waals surface area contributed by atoms with Gasteiger partial charge in [-0.3, -0.25) is 9.59 Å². The average molecular weight is 543 g/mol. The number of rotatable bonds is 8. The highest BCUT2D eigenvalue weighted by Crippen LogP contribution is 2.30. The van der Waals surface area contributed by atoms with E-state index in [1.165, 1.54) is 12.1 Å². The Bertz CT molecular complexity index is 1520. The Morgan fingerprint density at radius 2 is 1.69 bits per heavy atom. The molecule has 3 N–H and O–H groups in total. The van der Waals surface area contributed by atoms with Gasteiger partial charge in [-0.25, -0.2) is 9.97 Å². The van der Waals surface area contributed by atoms with Crippen LogP contribution in [0.1, 0.15) is 39.9 Å². The molecule has 0 unspecified atom stereocenters. The van der Waals surface area contributed by atoms with Crippen LogP contribution in [0.3, 0.4) is 0 Å². The van der Waals surface area contributed by atoms with Crippen molar-refractivity contribution in [3.05, 3.63) is 100 Å². The second-order valence-electron chi connectivity index (χ2n) is 9.62. The molecule has 5 rings (SSSR count). The standard InChI is InChI=1S/C30H27ClN4O4/c1-18-15-33-30(31)34-27(18)21-8-10-23(11-9-21)35(29(39)25-13-12-24(36)14-26(25)37)17-20-4-2-19(3-5-20)16-32-28(38)22-6-7-22/h2-5,8-15,22,36-37H,6-7,16-17H2,1H3,(H,32,38). The van der Waals surface area contributed by atoms with Gasteiger partial charge in [-0.1, -0.05) is 36.4 Å². The average Bonchev–Trinajstić information content (AvgIpc) is 3.78. The van der Waals surface area contributed by atoms with Crippen LogP contribution in [0.4, 0.5) is 5.69 Å². The number of amides is 2. The second kappa shape index (κ2) is 11.1. The first kappa shape index (κ1) is 26.2. The largest absolute Gasteiger partial charge is 0.508 e. The van der Waals surface area contributed by atoms with E-state index in [1.807, 2.05) is 55.5 Å². The molecule has 1 fully saturated rings. The summed E-state index contributed by atoms with van der Waals surface area (Å²) in [6.07, 6.45) is 3.57. The Morgan fingerprint density at radius 3 is 2.36 bits per heavy atom. The maximum atomic E-state index is 13.6. The highest BCUT2D eigenvalue weighted by molar-refractivity contribution is 6.28. The number of anilines is 1. The number of aromatic nitrogens is 2. The summed E-state index contributed by atoms with van der Waals surface area (Å²) >= 11 is 6.00. The van der Waals surface area contributed by atoms with E-state index >= 15 is 0 Å². The molecule has 0 spiro atoms.